The van der Waals surface area contributed by atoms with Crippen LogP contribution >= 0.6 is 0 Å². The summed E-state index contributed by atoms with van der Waals surface area (Å²) in [7, 11) is 3.30. The molecule has 3 aromatic heterocycles. The van der Waals surface area contributed by atoms with E-state index in [4.69, 9.17) is 25.9 Å². The number of rotatable bonds is 19. The summed E-state index contributed by atoms with van der Waals surface area (Å²) in [5.41, 5.74) is 16.6. The molecule has 2 amide bonds. The molecular formula is C39H46N12O5. The molecule has 2 aromatic carbocycles. The number of aryl methyl sites for hydroxylation is 2. The van der Waals surface area contributed by atoms with E-state index < -0.39 is 11.8 Å². The Hall–Kier alpha value is -7.17. The number of carbonyl (C=O) groups is 3. The van der Waals surface area contributed by atoms with Gasteiger partial charge in [0.1, 0.15) is 41.1 Å². The van der Waals surface area contributed by atoms with Gasteiger partial charge in [0.25, 0.3) is 5.91 Å². The van der Waals surface area contributed by atoms with Crippen molar-refractivity contribution in [2.24, 2.45) is 16.5 Å². The van der Waals surface area contributed by atoms with E-state index in [-0.39, 0.29) is 24.7 Å². The molecule has 17 nitrogen and oxygen atoms in total. The summed E-state index contributed by atoms with van der Waals surface area (Å²) < 4.78 is 17.1. The summed E-state index contributed by atoms with van der Waals surface area (Å²) >= 11 is 0. The number of allylic oxidation sites excluding steroid dienone is 4. The Balaban J connectivity index is 1.49. The largest absolute Gasteiger partial charge is 0.494 e. The molecule has 0 radical (unpaired) electrons. The Morgan fingerprint density at radius 1 is 0.982 bits per heavy atom. The van der Waals surface area contributed by atoms with Gasteiger partial charge in [-0.05, 0) is 57.2 Å². The number of ether oxygens (including phenoxy) is 2. The first-order valence-electron chi connectivity index (χ1n) is 17.7. The van der Waals surface area contributed by atoms with Gasteiger partial charge in [0.05, 0.1) is 36.1 Å². The van der Waals surface area contributed by atoms with E-state index in [9.17, 15) is 14.4 Å². The molecule has 17 heteroatoms. The van der Waals surface area contributed by atoms with Gasteiger partial charge in [0.15, 0.2) is 0 Å². The number of nitrogens with zero attached hydrogens (tertiary/aromatic N) is 7. The number of aldehydes is 1. The number of methoxy groups -OCH3 is 1. The zero-order valence-corrected chi connectivity index (χ0v) is 32.0. The number of aliphatic imine (C=N–C) groups is 1. The van der Waals surface area contributed by atoms with Crippen molar-refractivity contribution in [3.8, 4) is 11.5 Å². The van der Waals surface area contributed by atoms with E-state index in [0.717, 1.165) is 12.0 Å². The molecule has 5 rings (SSSR count). The maximum Gasteiger partial charge on any atom is 0.276 e. The Morgan fingerprint density at radius 3 is 2.32 bits per heavy atom. The summed E-state index contributed by atoms with van der Waals surface area (Å²) in [6, 6.07) is 8.18. The van der Waals surface area contributed by atoms with E-state index in [0.29, 0.717) is 81.8 Å². The molecule has 7 N–H and O–H groups in total. The first-order chi connectivity index (χ1) is 27.0. The predicted molar refractivity (Wildman–Crippen MR) is 217 cm³/mol. The minimum absolute atomic E-state index is 0.127. The molecule has 0 saturated carbocycles. The van der Waals surface area contributed by atoms with E-state index in [2.05, 4.69) is 37.6 Å². The van der Waals surface area contributed by atoms with E-state index >= 15 is 0 Å². The summed E-state index contributed by atoms with van der Waals surface area (Å²) in [6.45, 7) is 10.9. The fourth-order valence-electron chi connectivity index (χ4n) is 5.95. The van der Waals surface area contributed by atoms with Gasteiger partial charge in [-0.25, -0.2) is 9.97 Å². The van der Waals surface area contributed by atoms with Crippen LogP contribution in [0.5, 0.6) is 11.5 Å². The van der Waals surface area contributed by atoms with Crippen LogP contribution in [0.1, 0.15) is 50.7 Å². The molecule has 0 aliphatic rings. The lowest BCUT2D eigenvalue weighted by Gasteiger charge is -2.12. The number of hydrogen-bond acceptors (Lipinski definition) is 12. The highest BCUT2D eigenvalue weighted by Gasteiger charge is 2.22. The number of fused-ring (bicyclic) bond motifs is 2. The number of amides is 2. The van der Waals surface area contributed by atoms with E-state index in [1.807, 2.05) is 43.6 Å². The van der Waals surface area contributed by atoms with Crippen molar-refractivity contribution < 1.29 is 23.9 Å². The Kier molecular flexibility index (Phi) is 13.0. The van der Waals surface area contributed by atoms with Crippen LogP contribution in [0.15, 0.2) is 83.8 Å². The molecular weight excluding hydrogens is 717 g/mol. The quantitative estimate of drug-likeness (QED) is 0.0453. The number of primary amides is 1. The van der Waals surface area contributed by atoms with Crippen LogP contribution in [0.2, 0.25) is 0 Å². The van der Waals surface area contributed by atoms with Crippen molar-refractivity contribution >= 4 is 58.3 Å². The van der Waals surface area contributed by atoms with Crippen molar-refractivity contribution in [2.75, 3.05) is 37.9 Å². The Morgan fingerprint density at radius 2 is 1.68 bits per heavy atom. The summed E-state index contributed by atoms with van der Waals surface area (Å²) in [5, 5.41) is 13.5. The number of hydrogen-bond donors (Lipinski definition) is 5. The van der Waals surface area contributed by atoms with Crippen molar-refractivity contribution in [3.63, 3.8) is 0 Å². The lowest BCUT2D eigenvalue weighted by Crippen LogP contribution is -2.20. The fraction of sp³-hybridized carbons (Fsp3) is 0.256. The van der Waals surface area contributed by atoms with Gasteiger partial charge < -0.3 is 40.7 Å². The molecule has 0 unspecified atom stereocenters. The second kappa shape index (κ2) is 18.2. The normalized spacial score (nSPS) is 12.0. The highest BCUT2D eigenvalue weighted by Crippen LogP contribution is 2.32. The lowest BCUT2D eigenvalue weighted by atomic mass is 10.1. The van der Waals surface area contributed by atoms with Crippen LogP contribution in [0.25, 0.3) is 22.1 Å². The average molecular weight is 763 g/mol. The van der Waals surface area contributed by atoms with Gasteiger partial charge in [-0.2, -0.15) is 5.10 Å². The zero-order valence-electron chi connectivity index (χ0n) is 32.0. The minimum atomic E-state index is -0.667. The van der Waals surface area contributed by atoms with Gasteiger partial charge in [0.2, 0.25) is 17.8 Å². The number of imidazole rings is 2. The lowest BCUT2D eigenvalue weighted by molar-refractivity contribution is 0.0995. The van der Waals surface area contributed by atoms with Crippen LogP contribution in [-0.2, 0) is 19.6 Å². The fourth-order valence-corrected chi connectivity index (χ4v) is 5.95. The molecule has 0 bridgehead atoms. The van der Waals surface area contributed by atoms with Gasteiger partial charge in [-0.3, -0.25) is 29.4 Å². The molecule has 0 atom stereocenters. The van der Waals surface area contributed by atoms with Gasteiger partial charge in [-0.1, -0.05) is 24.8 Å². The maximum atomic E-state index is 13.7. The second-order valence-electron chi connectivity index (χ2n) is 12.5. The highest BCUT2D eigenvalue weighted by atomic mass is 16.5. The summed E-state index contributed by atoms with van der Waals surface area (Å²) in [4.78, 5) is 51.3. The van der Waals surface area contributed by atoms with E-state index in [1.54, 1.807) is 58.9 Å². The molecule has 0 saturated heterocycles. The maximum absolute atomic E-state index is 13.7. The monoisotopic (exact) mass is 762 g/mol. The molecule has 5 aromatic rings. The van der Waals surface area contributed by atoms with Gasteiger partial charge in [0, 0.05) is 55.9 Å². The van der Waals surface area contributed by atoms with Gasteiger partial charge in [-0.15, -0.1) is 0 Å². The molecule has 56 heavy (non-hydrogen) atoms. The zero-order chi connectivity index (χ0) is 40.4. The first kappa shape index (κ1) is 40.0. The number of benzene rings is 2. The average Bonchev–Trinajstić information content (AvgIpc) is 3.86. The van der Waals surface area contributed by atoms with Crippen LogP contribution < -0.4 is 36.9 Å². The Bertz CT molecular complexity index is 2400. The predicted octanol–water partition coefficient (Wildman–Crippen LogP) is 4.31. The number of aromatic nitrogens is 6. The molecule has 0 aliphatic heterocycles. The topological polar surface area (TPSA) is 224 Å². The van der Waals surface area contributed by atoms with Crippen molar-refractivity contribution in [2.45, 2.75) is 40.4 Å². The van der Waals surface area contributed by atoms with Crippen LogP contribution in [-0.4, -0.2) is 80.5 Å². The van der Waals surface area contributed by atoms with Gasteiger partial charge >= 0.3 is 0 Å². The number of nitrogens with one attached hydrogen (secondary N) is 3. The van der Waals surface area contributed by atoms with Crippen molar-refractivity contribution in [1.29, 1.82) is 0 Å². The van der Waals surface area contributed by atoms with Crippen LogP contribution in [0, 0.1) is 6.92 Å². The minimum Gasteiger partial charge on any atom is -0.494 e. The highest BCUT2D eigenvalue weighted by molar-refractivity contribution is 6.04. The molecule has 292 valence electrons. The molecule has 0 fully saturated rings. The van der Waals surface area contributed by atoms with Crippen molar-refractivity contribution in [1.82, 2.24) is 34.2 Å². The standard InChI is InChI=1S/C39H46N12O5/c1-7-51-31(16-25(4)48-51)37(54)47-39-46-30-19-27(36(41)53)20-33(56-15-11-8-12-43-22-28(21-40)44-24(2)3)35(30)50(39)14-10-9-13-49-34-29(45-38(49)42-5)17-26(23-52)18-32(34)55-6/h8-11,16-23,44H,2,7,12-15,40H2,1,3-6H3,(H2,41,53)(H,42,45)(H,46,47,54)/b10-9+,11-8+,28-21+,43-22?. The van der Waals surface area contributed by atoms with Crippen LogP contribution in [0.4, 0.5) is 11.9 Å². The smallest absolute Gasteiger partial charge is 0.276 e. The third-order valence-electron chi connectivity index (χ3n) is 8.38. The Labute approximate surface area is 323 Å². The number of carbonyl (C=O) groups excluding carboxylic acids is 3. The SMILES string of the molecule is C=C(C)N/C(C=NC/C=C/COc1cc(C(N)=O)cc2nc(NC(=O)c3cc(C)nn3CC)n(C/C=C/Cn3c(NC)nc4cc(C=O)cc(OC)c43)c12)=C/N. The molecule has 0 spiro atoms. The third kappa shape index (κ3) is 9.12. The van der Waals surface area contributed by atoms with E-state index in [1.165, 1.54) is 13.3 Å². The molecule has 0 aliphatic carbocycles. The van der Waals surface area contributed by atoms with Crippen LogP contribution in [0.3, 0.4) is 0 Å². The first-order valence-corrected chi connectivity index (χ1v) is 17.7. The third-order valence-corrected chi connectivity index (χ3v) is 8.38. The number of nitrogens with two attached hydrogens (primary N) is 2. The summed E-state index contributed by atoms with van der Waals surface area (Å²) in [6.07, 6.45) is 11.2. The van der Waals surface area contributed by atoms with Crippen molar-refractivity contribution in [3.05, 3.63) is 101 Å². The number of anilines is 2. The molecule has 3 heterocycles. The summed E-state index contributed by atoms with van der Waals surface area (Å²) in [5.74, 6) is 0.539. The second-order valence-corrected chi connectivity index (χ2v) is 12.5.